The zero-order valence-electron chi connectivity index (χ0n) is 13.5. The molecule has 0 aliphatic carbocycles. The van der Waals surface area contributed by atoms with Gasteiger partial charge in [-0.3, -0.25) is 0 Å². The van der Waals surface area contributed by atoms with E-state index in [1.807, 2.05) is 0 Å². The number of nitrogen functional groups attached to an aromatic ring is 1. The number of carbonyl (C=O) groups excluding carboxylic acids is 1. The molecule has 0 spiro atoms. The summed E-state index contributed by atoms with van der Waals surface area (Å²) in [6, 6.07) is 6.20. The van der Waals surface area contributed by atoms with Crippen molar-refractivity contribution in [3.63, 3.8) is 0 Å². The van der Waals surface area contributed by atoms with Crippen LogP contribution in [-0.4, -0.2) is 27.3 Å². The average molecular weight is 365 g/mol. The molecule has 0 saturated carbocycles. The molecule has 0 saturated heterocycles. The number of rotatable bonds is 4. The molecule has 10 heteroatoms. The number of nitrogens with zero attached hydrogens (tertiary/aromatic N) is 3. The number of hydrogen-bond donors (Lipinski definition) is 2. The highest BCUT2D eigenvalue weighted by atomic mass is 19.4. The maximum Gasteiger partial charge on any atom is 0.434 e. The lowest BCUT2D eigenvalue weighted by Crippen LogP contribution is -2.18. The van der Waals surface area contributed by atoms with Gasteiger partial charge in [0.1, 0.15) is 11.4 Å². The molecule has 3 rings (SSSR count). The summed E-state index contributed by atoms with van der Waals surface area (Å²) in [6.45, 7) is 1.46. The fourth-order valence-electron chi connectivity index (χ4n) is 2.65. The van der Waals surface area contributed by atoms with Crippen LogP contribution in [0.2, 0.25) is 0 Å². The van der Waals surface area contributed by atoms with Gasteiger partial charge in [-0.2, -0.15) is 18.3 Å². The van der Waals surface area contributed by atoms with Gasteiger partial charge in [-0.15, -0.1) is 0 Å². The molecule has 0 unspecified atom stereocenters. The first-order valence-corrected chi connectivity index (χ1v) is 7.55. The van der Waals surface area contributed by atoms with Gasteiger partial charge in [0.05, 0.1) is 18.5 Å². The largest absolute Gasteiger partial charge is 0.462 e. The second-order valence-electron chi connectivity index (χ2n) is 5.21. The number of halogens is 3. The van der Waals surface area contributed by atoms with Crippen LogP contribution < -0.4 is 11.3 Å². The first-order valence-electron chi connectivity index (χ1n) is 7.55. The summed E-state index contributed by atoms with van der Waals surface area (Å²) < 4.78 is 46.4. The normalized spacial score (nSPS) is 11.6. The SMILES string of the molecule is CCOC(=O)c1cnn(-c2cccc3c(NN)nccc23)c1C(F)(F)F. The first-order chi connectivity index (χ1) is 12.4. The van der Waals surface area contributed by atoms with Crippen molar-refractivity contribution in [1.82, 2.24) is 14.8 Å². The van der Waals surface area contributed by atoms with Crippen molar-refractivity contribution in [1.29, 1.82) is 0 Å². The van der Waals surface area contributed by atoms with Crippen molar-refractivity contribution >= 4 is 22.6 Å². The number of hydrazine groups is 1. The highest BCUT2D eigenvalue weighted by molar-refractivity contribution is 5.97. The van der Waals surface area contributed by atoms with E-state index >= 15 is 0 Å². The molecule has 136 valence electrons. The van der Waals surface area contributed by atoms with E-state index in [-0.39, 0.29) is 12.3 Å². The van der Waals surface area contributed by atoms with Crippen molar-refractivity contribution in [2.45, 2.75) is 13.1 Å². The van der Waals surface area contributed by atoms with E-state index in [0.717, 1.165) is 6.20 Å². The molecular weight excluding hydrogens is 351 g/mol. The average Bonchev–Trinajstić information content (AvgIpc) is 3.06. The number of fused-ring (bicyclic) bond motifs is 1. The summed E-state index contributed by atoms with van der Waals surface area (Å²) in [5, 5.41) is 4.72. The summed E-state index contributed by atoms with van der Waals surface area (Å²) in [6.07, 6.45) is -2.56. The van der Waals surface area contributed by atoms with Crippen molar-refractivity contribution in [2.75, 3.05) is 12.0 Å². The molecule has 26 heavy (non-hydrogen) atoms. The molecule has 0 bridgehead atoms. The number of alkyl halides is 3. The Morgan fingerprint density at radius 2 is 2.08 bits per heavy atom. The fraction of sp³-hybridized carbons (Fsp3) is 0.188. The quantitative estimate of drug-likeness (QED) is 0.419. The van der Waals surface area contributed by atoms with E-state index in [4.69, 9.17) is 10.6 Å². The topological polar surface area (TPSA) is 95.1 Å². The first kappa shape index (κ1) is 17.7. The van der Waals surface area contributed by atoms with Crippen LogP contribution in [0.25, 0.3) is 16.5 Å². The van der Waals surface area contributed by atoms with Gasteiger partial charge in [-0.25, -0.2) is 20.3 Å². The number of anilines is 1. The zero-order valence-corrected chi connectivity index (χ0v) is 13.5. The van der Waals surface area contributed by atoms with Crippen LogP contribution in [0.1, 0.15) is 23.0 Å². The molecule has 0 atom stereocenters. The minimum Gasteiger partial charge on any atom is -0.462 e. The van der Waals surface area contributed by atoms with Crippen LogP contribution >= 0.6 is 0 Å². The number of esters is 1. The highest BCUT2D eigenvalue weighted by Crippen LogP contribution is 2.36. The molecule has 7 nitrogen and oxygen atoms in total. The third-order valence-electron chi connectivity index (χ3n) is 3.68. The molecule has 3 aromatic rings. The third-order valence-corrected chi connectivity index (χ3v) is 3.68. The number of nitrogens with one attached hydrogen (secondary N) is 1. The lowest BCUT2D eigenvalue weighted by molar-refractivity contribution is -0.143. The molecular formula is C16H14F3N5O2. The monoisotopic (exact) mass is 365 g/mol. The van der Waals surface area contributed by atoms with Crippen LogP contribution in [0, 0.1) is 0 Å². The summed E-state index contributed by atoms with van der Waals surface area (Å²) in [5.41, 5.74) is 0.669. The van der Waals surface area contributed by atoms with Crippen LogP contribution in [0.15, 0.2) is 36.7 Å². The van der Waals surface area contributed by atoms with E-state index < -0.39 is 23.4 Å². The Hall–Kier alpha value is -3.14. The molecule has 0 amide bonds. The molecule has 1 aromatic carbocycles. The van der Waals surface area contributed by atoms with E-state index in [1.165, 1.54) is 25.3 Å². The van der Waals surface area contributed by atoms with Crippen molar-refractivity contribution < 1.29 is 22.7 Å². The zero-order chi connectivity index (χ0) is 18.9. The Kier molecular flexibility index (Phi) is 4.51. The fourth-order valence-corrected chi connectivity index (χ4v) is 2.65. The molecule has 0 radical (unpaired) electrons. The van der Waals surface area contributed by atoms with Crippen molar-refractivity contribution in [2.24, 2.45) is 5.84 Å². The Balaban J connectivity index is 2.29. The maximum absolute atomic E-state index is 13.7. The number of benzene rings is 1. The van der Waals surface area contributed by atoms with Gasteiger partial charge in [0.25, 0.3) is 0 Å². The van der Waals surface area contributed by atoms with Gasteiger partial charge in [0, 0.05) is 17.0 Å². The van der Waals surface area contributed by atoms with Crippen LogP contribution in [0.4, 0.5) is 19.0 Å². The lowest BCUT2D eigenvalue weighted by Gasteiger charge is -2.14. The van der Waals surface area contributed by atoms with Crippen LogP contribution in [-0.2, 0) is 10.9 Å². The summed E-state index contributed by atoms with van der Waals surface area (Å²) in [5.74, 6) is 4.62. The number of ether oxygens (including phenoxy) is 1. The Morgan fingerprint density at radius 1 is 1.31 bits per heavy atom. The van der Waals surface area contributed by atoms with Gasteiger partial charge in [0.2, 0.25) is 0 Å². The molecule has 0 aliphatic heterocycles. The van der Waals surface area contributed by atoms with Crippen LogP contribution in [0.3, 0.4) is 0 Å². The molecule has 3 N–H and O–H groups in total. The number of carbonyl (C=O) groups is 1. The number of nitrogens with two attached hydrogens (primary N) is 1. The molecule has 2 heterocycles. The Morgan fingerprint density at radius 3 is 2.73 bits per heavy atom. The molecule has 0 fully saturated rings. The van der Waals surface area contributed by atoms with Crippen molar-refractivity contribution in [3.05, 3.63) is 47.9 Å². The Bertz CT molecular complexity index is 968. The van der Waals surface area contributed by atoms with Gasteiger partial charge >= 0.3 is 12.1 Å². The van der Waals surface area contributed by atoms with Gasteiger partial charge in [0.15, 0.2) is 5.69 Å². The van der Waals surface area contributed by atoms with E-state index in [1.54, 1.807) is 12.1 Å². The van der Waals surface area contributed by atoms with E-state index in [2.05, 4.69) is 15.5 Å². The number of aromatic nitrogens is 3. The lowest BCUT2D eigenvalue weighted by atomic mass is 10.1. The van der Waals surface area contributed by atoms with E-state index in [0.29, 0.717) is 21.3 Å². The third kappa shape index (κ3) is 2.94. The second-order valence-corrected chi connectivity index (χ2v) is 5.21. The standard InChI is InChI=1S/C16H14F3N5O2/c1-2-26-15(25)11-8-22-24(13(11)16(17,18)19)12-5-3-4-10-9(12)6-7-21-14(10)23-20/h3-8H,2,20H2,1H3,(H,21,23). The summed E-state index contributed by atoms with van der Waals surface area (Å²) >= 11 is 0. The predicted octanol–water partition coefficient (Wildman–Crippen LogP) is 2.90. The van der Waals surface area contributed by atoms with Gasteiger partial charge < -0.3 is 10.2 Å². The van der Waals surface area contributed by atoms with Gasteiger partial charge in [-0.05, 0) is 19.1 Å². The second kappa shape index (κ2) is 6.64. The van der Waals surface area contributed by atoms with Crippen LogP contribution in [0.5, 0.6) is 0 Å². The van der Waals surface area contributed by atoms with Crippen molar-refractivity contribution in [3.8, 4) is 5.69 Å². The van der Waals surface area contributed by atoms with Gasteiger partial charge in [-0.1, -0.05) is 12.1 Å². The summed E-state index contributed by atoms with van der Waals surface area (Å²) in [4.78, 5) is 15.9. The molecule has 0 aliphatic rings. The Labute approximate surface area is 145 Å². The minimum absolute atomic E-state index is 0.0488. The number of pyridine rings is 1. The minimum atomic E-state index is -4.82. The predicted molar refractivity (Wildman–Crippen MR) is 87.6 cm³/mol. The number of hydrogen-bond acceptors (Lipinski definition) is 6. The smallest absolute Gasteiger partial charge is 0.434 e. The highest BCUT2D eigenvalue weighted by Gasteiger charge is 2.41. The summed E-state index contributed by atoms with van der Waals surface area (Å²) in [7, 11) is 0. The van der Waals surface area contributed by atoms with E-state index in [9.17, 15) is 18.0 Å². The molecule has 2 aromatic heterocycles. The maximum atomic E-state index is 13.7.